The van der Waals surface area contributed by atoms with Gasteiger partial charge in [0.15, 0.2) is 0 Å². The largest absolute Gasteiger partial charge is 0.337 e. The van der Waals surface area contributed by atoms with Crippen molar-refractivity contribution in [1.82, 2.24) is 14.5 Å². The van der Waals surface area contributed by atoms with E-state index in [4.69, 9.17) is 0 Å². The summed E-state index contributed by atoms with van der Waals surface area (Å²) in [6, 6.07) is 18.0. The standard InChI is InChI=1S/C21H15N5O2/c1-14-4-9-19-20(11-14)24-21(23-19)15(13-22)12-18-3-2-10-25(18)16-5-7-17(8-6-16)26(27)28/h2-12H,1H3,(H,23,24)/b15-12-. The van der Waals surface area contributed by atoms with Gasteiger partial charge in [0.2, 0.25) is 0 Å². The highest BCUT2D eigenvalue weighted by atomic mass is 16.6. The van der Waals surface area contributed by atoms with Crippen molar-refractivity contribution in [1.29, 1.82) is 5.26 Å². The molecule has 7 heteroatoms. The lowest BCUT2D eigenvalue weighted by Gasteiger charge is -2.06. The number of fused-ring (bicyclic) bond motifs is 1. The van der Waals surface area contributed by atoms with E-state index in [9.17, 15) is 15.4 Å². The molecule has 4 aromatic rings. The molecular weight excluding hydrogens is 354 g/mol. The maximum atomic E-state index is 10.8. The van der Waals surface area contributed by atoms with Crippen molar-refractivity contribution < 1.29 is 4.92 Å². The number of imidazole rings is 1. The zero-order valence-corrected chi connectivity index (χ0v) is 15.0. The van der Waals surface area contributed by atoms with E-state index in [1.165, 1.54) is 12.1 Å². The molecule has 0 atom stereocenters. The number of nitrogens with zero attached hydrogens (tertiary/aromatic N) is 4. The third-order valence-corrected chi connectivity index (χ3v) is 4.42. The van der Waals surface area contributed by atoms with E-state index >= 15 is 0 Å². The minimum atomic E-state index is -0.433. The van der Waals surface area contributed by atoms with Gasteiger partial charge < -0.3 is 9.55 Å². The summed E-state index contributed by atoms with van der Waals surface area (Å²) in [6.45, 7) is 2.00. The smallest absolute Gasteiger partial charge is 0.269 e. The number of hydrogen-bond donors (Lipinski definition) is 1. The highest BCUT2D eigenvalue weighted by molar-refractivity contribution is 5.90. The van der Waals surface area contributed by atoms with Crippen molar-refractivity contribution in [3.05, 3.63) is 88.0 Å². The summed E-state index contributed by atoms with van der Waals surface area (Å²) in [5, 5.41) is 20.5. The molecule has 2 heterocycles. The van der Waals surface area contributed by atoms with Crippen LogP contribution in [0.5, 0.6) is 0 Å². The second-order valence-electron chi connectivity index (χ2n) is 6.35. The Hall–Kier alpha value is -4.18. The van der Waals surface area contributed by atoms with E-state index in [2.05, 4.69) is 16.0 Å². The van der Waals surface area contributed by atoms with Gasteiger partial charge in [0, 0.05) is 29.7 Å². The van der Waals surface area contributed by atoms with Crippen LogP contribution in [-0.4, -0.2) is 19.5 Å². The number of nitro benzene ring substituents is 1. The van der Waals surface area contributed by atoms with Crippen LogP contribution in [0.15, 0.2) is 60.8 Å². The molecule has 0 fully saturated rings. The maximum Gasteiger partial charge on any atom is 0.269 e. The van der Waals surface area contributed by atoms with Crippen molar-refractivity contribution in [2.75, 3.05) is 0 Å². The van der Waals surface area contributed by atoms with Gasteiger partial charge in [0.25, 0.3) is 5.69 Å². The van der Waals surface area contributed by atoms with E-state index in [0.717, 1.165) is 28.0 Å². The minimum Gasteiger partial charge on any atom is -0.337 e. The molecule has 0 spiro atoms. The summed E-state index contributed by atoms with van der Waals surface area (Å²) < 4.78 is 1.86. The molecule has 0 bridgehead atoms. The van der Waals surface area contributed by atoms with Crippen molar-refractivity contribution >= 4 is 28.4 Å². The highest BCUT2D eigenvalue weighted by Crippen LogP contribution is 2.23. The Morgan fingerprint density at radius 2 is 2.04 bits per heavy atom. The average molecular weight is 369 g/mol. The van der Waals surface area contributed by atoms with Crippen LogP contribution in [0, 0.1) is 28.4 Å². The Kier molecular flexibility index (Phi) is 4.22. The molecule has 2 aromatic heterocycles. The molecule has 2 aromatic carbocycles. The summed E-state index contributed by atoms with van der Waals surface area (Å²) in [7, 11) is 0. The summed E-state index contributed by atoms with van der Waals surface area (Å²) in [6.07, 6.45) is 3.58. The van der Waals surface area contributed by atoms with Crippen LogP contribution < -0.4 is 0 Å². The third-order valence-electron chi connectivity index (χ3n) is 4.42. The first-order valence-electron chi connectivity index (χ1n) is 8.56. The number of hydrogen-bond acceptors (Lipinski definition) is 4. The van der Waals surface area contributed by atoms with E-state index in [1.807, 2.05) is 48.0 Å². The normalized spacial score (nSPS) is 11.5. The van der Waals surface area contributed by atoms with Crippen molar-refractivity contribution in [2.45, 2.75) is 6.92 Å². The van der Waals surface area contributed by atoms with Gasteiger partial charge in [0.1, 0.15) is 11.9 Å². The molecule has 0 aliphatic heterocycles. The van der Waals surface area contributed by atoms with Crippen LogP contribution in [0.3, 0.4) is 0 Å². The molecule has 0 aliphatic rings. The zero-order chi connectivity index (χ0) is 19.7. The van der Waals surface area contributed by atoms with E-state index in [0.29, 0.717) is 11.4 Å². The van der Waals surface area contributed by atoms with Gasteiger partial charge in [-0.15, -0.1) is 0 Å². The van der Waals surface area contributed by atoms with E-state index in [1.54, 1.807) is 18.2 Å². The number of aromatic amines is 1. The monoisotopic (exact) mass is 369 g/mol. The second-order valence-corrected chi connectivity index (χ2v) is 6.35. The molecule has 28 heavy (non-hydrogen) atoms. The molecular formula is C21H15N5O2. The van der Waals surface area contributed by atoms with Crippen LogP contribution in [-0.2, 0) is 0 Å². The van der Waals surface area contributed by atoms with E-state index in [-0.39, 0.29) is 5.69 Å². The maximum absolute atomic E-state index is 10.8. The third kappa shape index (κ3) is 3.15. The van der Waals surface area contributed by atoms with Gasteiger partial charge >= 0.3 is 0 Å². The summed E-state index contributed by atoms with van der Waals surface area (Å²) >= 11 is 0. The molecule has 0 aliphatic carbocycles. The number of nitro groups is 1. The average Bonchev–Trinajstić information content (AvgIpc) is 3.32. The van der Waals surface area contributed by atoms with Gasteiger partial charge in [-0.1, -0.05) is 6.07 Å². The van der Waals surface area contributed by atoms with Crippen molar-refractivity contribution in [3.63, 3.8) is 0 Å². The fourth-order valence-electron chi connectivity index (χ4n) is 3.03. The van der Waals surface area contributed by atoms with Crippen LogP contribution in [0.4, 0.5) is 5.69 Å². The number of non-ortho nitro benzene ring substituents is 1. The lowest BCUT2D eigenvalue weighted by molar-refractivity contribution is -0.384. The predicted octanol–water partition coefficient (Wildman–Crippen LogP) is 4.63. The summed E-state index contributed by atoms with van der Waals surface area (Å²) in [5.41, 5.74) is 4.74. The van der Waals surface area contributed by atoms with Gasteiger partial charge in [-0.05, 0) is 55.0 Å². The van der Waals surface area contributed by atoms with Crippen molar-refractivity contribution in [2.24, 2.45) is 0 Å². The predicted molar refractivity (Wildman–Crippen MR) is 107 cm³/mol. The SMILES string of the molecule is Cc1ccc2nc(/C(C#N)=C\c3cccn3-c3ccc([N+](=O)[O-])cc3)[nH]c2c1. The molecule has 136 valence electrons. The Labute approximate surface area is 160 Å². The first-order chi connectivity index (χ1) is 13.5. The van der Waals surface area contributed by atoms with Crippen LogP contribution in [0.2, 0.25) is 0 Å². The molecule has 0 saturated carbocycles. The number of aryl methyl sites for hydroxylation is 1. The lowest BCUT2D eigenvalue weighted by Crippen LogP contribution is -1.96. The Bertz CT molecular complexity index is 1260. The lowest BCUT2D eigenvalue weighted by atomic mass is 10.2. The van der Waals surface area contributed by atoms with Gasteiger partial charge in [-0.25, -0.2) is 4.98 Å². The van der Waals surface area contributed by atoms with Crippen LogP contribution in [0.25, 0.3) is 28.4 Å². The number of nitrogens with one attached hydrogen (secondary N) is 1. The Morgan fingerprint density at radius 1 is 1.25 bits per heavy atom. The summed E-state index contributed by atoms with van der Waals surface area (Å²) in [4.78, 5) is 18.1. The quantitative estimate of drug-likeness (QED) is 0.322. The number of rotatable bonds is 4. The number of benzene rings is 2. The second kappa shape index (κ2) is 6.85. The molecule has 0 radical (unpaired) electrons. The first-order valence-corrected chi connectivity index (χ1v) is 8.56. The molecule has 7 nitrogen and oxygen atoms in total. The molecule has 1 N–H and O–H groups in total. The molecule has 0 amide bonds. The first kappa shape index (κ1) is 17.2. The Morgan fingerprint density at radius 3 is 2.75 bits per heavy atom. The molecule has 0 saturated heterocycles. The van der Waals surface area contributed by atoms with Gasteiger partial charge in [-0.3, -0.25) is 10.1 Å². The topological polar surface area (TPSA) is 101 Å². The number of H-pyrrole nitrogens is 1. The summed E-state index contributed by atoms with van der Waals surface area (Å²) in [5.74, 6) is 0.500. The fraction of sp³-hybridized carbons (Fsp3) is 0.0476. The van der Waals surface area contributed by atoms with Gasteiger partial charge in [0.05, 0.1) is 21.5 Å². The molecule has 4 rings (SSSR count). The van der Waals surface area contributed by atoms with Crippen molar-refractivity contribution in [3.8, 4) is 11.8 Å². The Balaban J connectivity index is 1.74. The fourth-order valence-corrected chi connectivity index (χ4v) is 3.03. The minimum absolute atomic E-state index is 0.0308. The highest BCUT2D eigenvalue weighted by Gasteiger charge is 2.11. The van der Waals surface area contributed by atoms with Gasteiger partial charge in [-0.2, -0.15) is 5.26 Å². The van der Waals surface area contributed by atoms with Crippen LogP contribution in [0.1, 0.15) is 17.1 Å². The van der Waals surface area contributed by atoms with E-state index < -0.39 is 4.92 Å². The zero-order valence-electron chi connectivity index (χ0n) is 15.0. The number of allylic oxidation sites excluding steroid dienone is 1. The van der Waals surface area contributed by atoms with Crippen LogP contribution >= 0.6 is 0 Å². The molecule has 0 unspecified atom stereocenters. The number of aromatic nitrogens is 3. The number of nitriles is 1.